The molecule has 100 valence electrons. The van der Waals surface area contributed by atoms with Crippen LogP contribution in [-0.2, 0) is 6.42 Å². The van der Waals surface area contributed by atoms with E-state index in [9.17, 15) is 0 Å². The molecule has 1 aromatic heterocycles. The van der Waals surface area contributed by atoms with Crippen molar-refractivity contribution in [1.29, 1.82) is 0 Å². The van der Waals surface area contributed by atoms with Crippen LogP contribution in [0.4, 0.5) is 0 Å². The summed E-state index contributed by atoms with van der Waals surface area (Å²) < 4.78 is 0. The predicted octanol–water partition coefficient (Wildman–Crippen LogP) is 4.02. The van der Waals surface area contributed by atoms with Crippen molar-refractivity contribution in [3.05, 3.63) is 64.9 Å². The first-order valence-corrected chi connectivity index (χ1v) is 7.06. The maximum atomic E-state index is 6.04. The molecular formula is C16H19ClN2. The highest BCUT2D eigenvalue weighted by molar-refractivity contribution is 6.30. The summed E-state index contributed by atoms with van der Waals surface area (Å²) in [6, 6.07) is 14.3. The number of nitrogens with one attached hydrogen (secondary N) is 1. The maximum Gasteiger partial charge on any atom is 0.0576 e. The fourth-order valence-electron chi connectivity index (χ4n) is 2.08. The number of benzene rings is 1. The van der Waals surface area contributed by atoms with Crippen LogP contribution in [0.5, 0.6) is 0 Å². The minimum Gasteiger partial charge on any atom is -0.308 e. The highest BCUT2D eigenvalue weighted by Crippen LogP contribution is 2.19. The molecule has 0 fully saturated rings. The molecule has 1 aromatic carbocycles. The van der Waals surface area contributed by atoms with Crippen molar-refractivity contribution in [1.82, 2.24) is 10.3 Å². The van der Waals surface area contributed by atoms with E-state index in [0.29, 0.717) is 0 Å². The second-order valence-corrected chi connectivity index (χ2v) is 5.03. The number of nitrogens with zero attached hydrogens (tertiary/aromatic N) is 1. The lowest BCUT2D eigenvalue weighted by atomic mass is 10.0. The van der Waals surface area contributed by atoms with Gasteiger partial charge in [0.2, 0.25) is 0 Å². The Kier molecular flexibility index (Phi) is 5.37. The van der Waals surface area contributed by atoms with E-state index >= 15 is 0 Å². The lowest BCUT2D eigenvalue weighted by Crippen LogP contribution is -2.24. The van der Waals surface area contributed by atoms with E-state index in [4.69, 9.17) is 11.6 Å². The Labute approximate surface area is 119 Å². The van der Waals surface area contributed by atoms with Gasteiger partial charge in [0.05, 0.1) is 11.7 Å². The van der Waals surface area contributed by atoms with Gasteiger partial charge in [-0.15, -0.1) is 0 Å². The molecule has 3 heteroatoms. The number of aromatic nitrogens is 1. The molecule has 0 bridgehead atoms. The topological polar surface area (TPSA) is 24.9 Å². The number of hydrogen-bond acceptors (Lipinski definition) is 2. The Hall–Kier alpha value is -1.38. The number of halogens is 1. The van der Waals surface area contributed by atoms with Crippen LogP contribution in [0.25, 0.3) is 0 Å². The lowest BCUT2D eigenvalue weighted by molar-refractivity contribution is 0.518. The molecule has 0 saturated carbocycles. The SMILES string of the molecule is CCCNC(Cc1cccc(Cl)c1)c1ccccn1. The monoisotopic (exact) mass is 274 g/mol. The van der Waals surface area contributed by atoms with Crippen LogP contribution >= 0.6 is 11.6 Å². The highest BCUT2D eigenvalue weighted by Gasteiger charge is 2.12. The first-order chi connectivity index (χ1) is 9.29. The molecule has 0 aliphatic carbocycles. The van der Waals surface area contributed by atoms with Crippen LogP contribution < -0.4 is 5.32 Å². The highest BCUT2D eigenvalue weighted by atomic mass is 35.5. The molecule has 1 atom stereocenters. The third kappa shape index (κ3) is 4.34. The Balaban J connectivity index is 2.14. The smallest absolute Gasteiger partial charge is 0.0576 e. The van der Waals surface area contributed by atoms with Gasteiger partial charge < -0.3 is 5.32 Å². The summed E-state index contributed by atoms with van der Waals surface area (Å²) in [5, 5.41) is 4.33. The average molecular weight is 275 g/mol. The molecule has 19 heavy (non-hydrogen) atoms. The Bertz CT molecular complexity index is 499. The molecule has 1 unspecified atom stereocenters. The fourth-order valence-corrected chi connectivity index (χ4v) is 2.29. The van der Waals surface area contributed by atoms with Gasteiger partial charge in [0.1, 0.15) is 0 Å². The van der Waals surface area contributed by atoms with Crippen molar-refractivity contribution >= 4 is 11.6 Å². The van der Waals surface area contributed by atoms with E-state index in [0.717, 1.165) is 30.1 Å². The number of pyridine rings is 1. The summed E-state index contributed by atoms with van der Waals surface area (Å²) in [7, 11) is 0. The summed E-state index contributed by atoms with van der Waals surface area (Å²) >= 11 is 6.04. The van der Waals surface area contributed by atoms with Crippen LogP contribution in [0.2, 0.25) is 5.02 Å². The van der Waals surface area contributed by atoms with E-state index in [-0.39, 0.29) is 6.04 Å². The molecule has 0 radical (unpaired) electrons. The summed E-state index contributed by atoms with van der Waals surface area (Å²) in [5.41, 5.74) is 2.31. The Morgan fingerprint density at radius 1 is 1.21 bits per heavy atom. The zero-order valence-corrected chi connectivity index (χ0v) is 11.9. The number of hydrogen-bond donors (Lipinski definition) is 1. The van der Waals surface area contributed by atoms with Gasteiger partial charge in [0, 0.05) is 11.2 Å². The minimum atomic E-state index is 0.236. The van der Waals surface area contributed by atoms with Gasteiger partial charge in [-0.25, -0.2) is 0 Å². The van der Waals surface area contributed by atoms with Gasteiger partial charge in [0.15, 0.2) is 0 Å². The van der Waals surface area contributed by atoms with Crippen LogP contribution in [0.1, 0.15) is 30.6 Å². The van der Waals surface area contributed by atoms with E-state index < -0.39 is 0 Å². The molecule has 0 saturated heterocycles. The van der Waals surface area contributed by atoms with Crippen molar-refractivity contribution in [2.45, 2.75) is 25.8 Å². The predicted molar refractivity (Wildman–Crippen MR) is 80.4 cm³/mol. The van der Waals surface area contributed by atoms with E-state index in [1.54, 1.807) is 0 Å². The van der Waals surface area contributed by atoms with Gasteiger partial charge in [-0.1, -0.05) is 36.7 Å². The first-order valence-electron chi connectivity index (χ1n) is 6.68. The zero-order chi connectivity index (χ0) is 13.5. The molecule has 0 spiro atoms. The third-order valence-electron chi connectivity index (χ3n) is 3.01. The van der Waals surface area contributed by atoms with Crippen LogP contribution in [0.3, 0.4) is 0 Å². The zero-order valence-electron chi connectivity index (χ0n) is 11.1. The van der Waals surface area contributed by atoms with Crippen LogP contribution in [0, 0.1) is 0 Å². The fraction of sp³-hybridized carbons (Fsp3) is 0.312. The number of rotatable bonds is 6. The van der Waals surface area contributed by atoms with Crippen molar-refractivity contribution in [2.24, 2.45) is 0 Å². The Morgan fingerprint density at radius 3 is 2.79 bits per heavy atom. The molecule has 1 N–H and O–H groups in total. The van der Waals surface area contributed by atoms with Gasteiger partial charge in [-0.05, 0) is 49.2 Å². The third-order valence-corrected chi connectivity index (χ3v) is 3.25. The van der Waals surface area contributed by atoms with E-state index in [2.05, 4.69) is 29.4 Å². The normalized spacial score (nSPS) is 12.3. The second kappa shape index (κ2) is 7.27. The second-order valence-electron chi connectivity index (χ2n) is 4.60. The average Bonchev–Trinajstić information content (AvgIpc) is 2.44. The molecule has 0 aliphatic rings. The van der Waals surface area contributed by atoms with Gasteiger partial charge in [-0.2, -0.15) is 0 Å². The van der Waals surface area contributed by atoms with Gasteiger partial charge in [0.25, 0.3) is 0 Å². The molecule has 2 rings (SSSR count). The van der Waals surface area contributed by atoms with Gasteiger partial charge >= 0.3 is 0 Å². The standard InChI is InChI=1S/C16H19ClN2/c1-2-9-18-16(15-8-3-4-10-19-15)12-13-6-5-7-14(17)11-13/h3-8,10-11,16,18H,2,9,12H2,1H3. The first kappa shape index (κ1) is 14.0. The largest absolute Gasteiger partial charge is 0.308 e. The quantitative estimate of drug-likeness (QED) is 0.861. The maximum absolute atomic E-state index is 6.04. The molecule has 0 amide bonds. The van der Waals surface area contributed by atoms with Crippen molar-refractivity contribution in [3.8, 4) is 0 Å². The molecule has 2 aromatic rings. The van der Waals surface area contributed by atoms with E-state index in [1.165, 1.54) is 5.56 Å². The van der Waals surface area contributed by atoms with Crippen LogP contribution in [-0.4, -0.2) is 11.5 Å². The minimum absolute atomic E-state index is 0.236. The van der Waals surface area contributed by atoms with Gasteiger partial charge in [-0.3, -0.25) is 4.98 Å². The lowest BCUT2D eigenvalue weighted by Gasteiger charge is -2.18. The van der Waals surface area contributed by atoms with E-state index in [1.807, 2.05) is 36.5 Å². The molecular weight excluding hydrogens is 256 g/mol. The summed E-state index contributed by atoms with van der Waals surface area (Å²) in [5.74, 6) is 0. The van der Waals surface area contributed by atoms with Crippen molar-refractivity contribution in [2.75, 3.05) is 6.54 Å². The summed E-state index contributed by atoms with van der Waals surface area (Å²) in [6.45, 7) is 3.16. The van der Waals surface area contributed by atoms with Crippen molar-refractivity contribution in [3.63, 3.8) is 0 Å². The Morgan fingerprint density at radius 2 is 2.11 bits per heavy atom. The summed E-state index contributed by atoms with van der Waals surface area (Å²) in [4.78, 5) is 4.46. The van der Waals surface area contributed by atoms with Crippen LogP contribution in [0.15, 0.2) is 48.7 Å². The summed E-state index contributed by atoms with van der Waals surface area (Å²) in [6.07, 6.45) is 3.85. The molecule has 2 nitrogen and oxygen atoms in total. The molecule has 0 aliphatic heterocycles. The van der Waals surface area contributed by atoms with Crippen molar-refractivity contribution < 1.29 is 0 Å². The molecule has 1 heterocycles.